The Kier molecular flexibility index (Phi) is 5.16. The van der Waals surface area contributed by atoms with E-state index in [-0.39, 0.29) is 4.90 Å². The topological polar surface area (TPSA) is 57.6 Å². The fourth-order valence-corrected chi connectivity index (χ4v) is 4.31. The van der Waals surface area contributed by atoms with Crippen LogP contribution in [0.1, 0.15) is 30.4 Å². The van der Waals surface area contributed by atoms with Crippen molar-refractivity contribution in [2.45, 2.75) is 31.4 Å². The molecule has 0 aliphatic heterocycles. The van der Waals surface area contributed by atoms with Gasteiger partial charge in [-0.3, -0.25) is 0 Å². The second kappa shape index (κ2) is 6.70. The number of rotatable bonds is 6. The number of aliphatic hydroxyl groups is 1. The van der Waals surface area contributed by atoms with E-state index in [0.29, 0.717) is 18.7 Å². The van der Waals surface area contributed by atoms with Crippen molar-refractivity contribution >= 4 is 21.4 Å². The van der Waals surface area contributed by atoms with Crippen molar-refractivity contribution in [2.75, 3.05) is 6.54 Å². The molecule has 1 N–H and O–H groups in total. The van der Waals surface area contributed by atoms with Gasteiger partial charge in [0, 0.05) is 18.0 Å². The van der Waals surface area contributed by atoms with Gasteiger partial charge in [0.2, 0.25) is 10.0 Å². The molecule has 0 fully saturated rings. The van der Waals surface area contributed by atoms with Crippen LogP contribution in [0.15, 0.2) is 46.7 Å². The summed E-state index contributed by atoms with van der Waals surface area (Å²) < 4.78 is 26.9. The summed E-state index contributed by atoms with van der Waals surface area (Å²) in [6.07, 6.45) is -0.687. The molecule has 0 aliphatic carbocycles. The maximum Gasteiger partial charge on any atom is 0.243 e. The quantitative estimate of drug-likeness (QED) is 0.888. The summed E-state index contributed by atoms with van der Waals surface area (Å²) in [5, 5.41) is 11.5. The predicted octanol–water partition coefficient (Wildman–Crippen LogP) is 3.01. The summed E-state index contributed by atoms with van der Waals surface area (Å²) in [5.74, 6) is 0. The highest BCUT2D eigenvalue weighted by Crippen LogP contribution is 2.23. The third-order valence-electron chi connectivity index (χ3n) is 3.24. The molecule has 1 aromatic carbocycles. The van der Waals surface area contributed by atoms with E-state index in [4.69, 9.17) is 0 Å². The van der Waals surface area contributed by atoms with Crippen LogP contribution in [0.2, 0.25) is 0 Å². The minimum absolute atomic E-state index is 0.222. The van der Waals surface area contributed by atoms with Crippen LogP contribution >= 0.6 is 11.3 Å². The first kappa shape index (κ1) is 16.2. The highest BCUT2D eigenvalue weighted by Gasteiger charge is 2.24. The molecule has 6 heteroatoms. The van der Waals surface area contributed by atoms with E-state index in [9.17, 15) is 13.5 Å². The van der Waals surface area contributed by atoms with Gasteiger partial charge >= 0.3 is 0 Å². The zero-order chi connectivity index (χ0) is 15.5. The van der Waals surface area contributed by atoms with E-state index < -0.39 is 16.1 Å². The van der Waals surface area contributed by atoms with Gasteiger partial charge in [-0.15, -0.1) is 11.3 Å². The van der Waals surface area contributed by atoms with Crippen molar-refractivity contribution in [1.82, 2.24) is 4.31 Å². The maximum absolute atomic E-state index is 12.7. The van der Waals surface area contributed by atoms with Gasteiger partial charge in [-0.05, 0) is 36.1 Å². The van der Waals surface area contributed by atoms with Crippen LogP contribution < -0.4 is 0 Å². The normalized spacial score (nSPS) is 13.5. The lowest BCUT2D eigenvalue weighted by Gasteiger charge is -2.20. The molecule has 1 atom stereocenters. The number of benzene rings is 1. The molecule has 4 nitrogen and oxygen atoms in total. The summed E-state index contributed by atoms with van der Waals surface area (Å²) in [6.45, 7) is 4.22. The van der Waals surface area contributed by atoms with Gasteiger partial charge in [-0.25, -0.2) is 8.42 Å². The van der Waals surface area contributed by atoms with Crippen molar-refractivity contribution in [3.05, 3.63) is 52.2 Å². The van der Waals surface area contributed by atoms with Crippen molar-refractivity contribution in [1.29, 1.82) is 0 Å². The summed E-state index contributed by atoms with van der Waals surface area (Å²) in [6, 6.07) is 10.3. The second-order valence-electron chi connectivity index (χ2n) is 4.76. The molecule has 0 saturated carbocycles. The highest BCUT2D eigenvalue weighted by molar-refractivity contribution is 7.89. The molecule has 1 aromatic heterocycles. The highest BCUT2D eigenvalue weighted by atomic mass is 32.2. The van der Waals surface area contributed by atoms with E-state index in [0.717, 1.165) is 4.88 Å². The molecule has 1 heterocycles. The van der Waals surface area contributed by atoms with E-state index in [2.05, 4.69) is 0 Å². The second-order valence-corrected chi connectivity index (χ2v) is 7.73. The lowest BCUT2D eigenvalue weighted by molar-refractivity contribution is 0.199. The molecule has 2 rings (SSSR count). The van der Waals surface area contributed by atoms with Crippen LogP contribution in [0.5, 0.6) is 0 Å². The number of aliphatic hydroxyl groups excluding tert-OH is 1. The Morgan fingerprint density at radius 3 is 2.62 bits per heavy atom. The number of hydrogen-bond acceptors (Lipinski definition) is 4. The monoisotopic (exact) mass is 325 g/mol. The molecule has 114 valence electrons. The third-order valence-corrected chi connectivity index (χ3v) is 6.02. The van der Waals surface area contributed by atoms with Crippen LogP contribution in [-0.4, -0.2) is 24.4 Å². The van der Waals surface area contributed by atoms with Crippen molar-refractivity contribution in [3.8, 4) is 0 Å². The Morgan fingerprint density at radius 1 is 1.29 bits per heavy atom. The van der Waals surface area contributed by atoms with Crippen LogP contribution in [0, 0.1) is 0 Å². The first-order valence-electron chi connectivity index (χ1n) is 6.75. The minimum Gasteiger partial charge on any atom is -0.389 e. The average Bonchev–Trinajstić information content (AvgIpc) is 2.97. The van der Waals surface area contributed by atoms with Crippen LogP contribution in [0.3, 0.4) is 0 Å². The third kappa shape index (κ3) is 3.71. The molecule has 1 unspecified atom stereocenters. The number of thiophene rings is 1. The van der Waals surface area contributed by atoms with E-state index in [1.54, 1.807) is 25.1 Å². The Bertz CT molecular complexity index is 679. The van der Waals surface area contributed by atoms with Crippen molar-refractivity contribution in [2.24, 2.45) is 0 Å². The van der Waals surface area contributed by atoms with Gasteiger partial charge in [-0.2, -0.15) is 4.31 Å². The summed E-state index contributed by atoms with van der Waals surface area (Å²) >= 11 is 1.54. The Balaban J connectivity index is 2.32. The molecule has 0 saturated heterocycles. The fraction of sp³-hybridized carbons (Fsp3) is 0.333. The number of nitrogens with zero attached hydrogens (tertiary/aromatic N) is 1. The molecule has 0 spiro atoms. The predicted molar refractivity (Wildman–Crippen MR) is 84.7 cm³/mol. The smallest absolute Gasteiger partial charge is 0.243 e. The molecular weight excluding hydrogens is 306 g/mol. The van der Waals surface area contributed by atoms with Crippen LogP contribution in [-0.2, 0) is 16.6 Å². The van der Waals surface area contributed by atoms with Crippen LogP contribution in [0.4, 0.5) is 0 Å². The average molecular weight is 325 g/mol. The molecular formula is C15H19NO3S2. The van der Waals surface area contributed by atoms with Crippen molar-refractivity contribution in [3.63, 3.8) is 0 Å². The van der Waals surface area contributed by atoms with Gasteiger partial charge in [0.15, 0.2) is 0 Å². The molecule has 21 heavy (non-hydrogen) atoms. The molecule has 0 radical (unpaired) electrons. The largest absolute Gasteiger partial charge is 0.389 e. The van der Waals surface area contributed by atoms with Gasteiger partial charge in [0.25, 0.3) is 0 Å². The fourth-order valence-electron chi connectivity index (χ4n) is 2.03. The van der Waals surface area contributed by atoms with E-state index in [1.807, 2.05) is 24.4 Å². The standard InChI is InChI=1S/C15H19NO3S2/c1-3-16(11-14-7-5-9-20-14)21(18,19)15-8-4-6-13(10-15)12(2)17/h4-10,12,17H,3,11H2,1-2H3. The number of sulfonamides is 1. The maximum atomic E-state index is 12.7. The molecule has 2 aromatic rings. The Labute approximate surface area is 129 Å². The first-order valence-corrected chi connectivity index (χ1v) is 9.07. The zero-order valence-corrected chi connectivity index (χ0v) is 13.7. The van der Waals surface area contributed by atoms with Crippen LogP contribution in [0.25, 0.3) is 0 Å². The first-order chi connectivity index (χ1) is 9.95. The zero-order valence-electron chi connectivity index (χ0n) is 12.1. The molecule has 0 amide bonds. The van der Waals surface area contributed by atoms with Gasteiger partial charge < -0.3 is 5.11 Å². The SMILES string of the molecule is CCN(Cc1cccs1)S(=O)(=O)c1cccc(C(C)O)c1. The number of hydrogen-bond donors (Lipinski definition) is 1. The molecule has 0 bridgehead atoms. The van der Waals surface area contributed by atoms with E-state index in [1.165, 1.54) is 21.7 Å². The van der Waals surface area contributed by atoms with Gasteiger partial charge in [0.1, 0.15) is 0 Å². The lowest BCUT2D eigenvalue weighted by Crippen LogP contribution is -2.30. The van der Waals surface area contributed by atoms with Crippen molar-refractivity contribution < 1.29 is 13.5 Å². The molecule has 0 aliphatic rings. The van der Waals surface area contributed by atoms with E-state index >= 15 is 0 Å². The summed E-state index contributed by atoms with van der Waals surface area (Å²) in [4.78, 5) is 1.23. The Morgan fingerprint density at radius 2 is 2.05 bits per heavy atom. The summed E-state index contributed by atoms with van der Waals surface area (Å²) in [5.41, 5.74) is 0.600. The Hall–Kier alpha value is -1.21. The lowest BCUT2D eigenvalue weighted by atomic mass is 10.1. The summed E-state index contributed by atoms with van der Waals surface area (Å²) in [7, 11) is -3.55. The van der Waals surface area contributed by atoms with Gasteiger partial charge in [0.05, 0.1) is 11.0 Å². The van der Waals surface area contributed by atoms with Gasteiger partial charge in [-0.1, -0.05) is 25.1 Å². The minimum atomic E-state index is -3.55.